The van der Waals surface area contributed by atoms with Crippen molar-refractivity contribution in [2.75, 3.05) is 11.3 Å². The molecule has 0 heterocycles. The fourth-order valence-electron chi connectivity index (χ4n) is 1.71. The van der Waals surface area contributed by atoms with Crippen LogP contribution in [-0.2, 0) is 16.8 Å². The van der Waals surface area contributed by atoms with E-state index in [1.807, 2.05) is 12.1 Å². The maximum absolute atomic E-state index is 11.7. The van der Waals surface area contributed by atoms with Gasteiger partial charge in [0.05, 0.1) is 0 Å². The van der Waals surface area contributed by atoms with Crippen molar-refractivity contribution in [2.45, 2.75) is 38.8 Å². The molecule has 1 aliphatic carbocycles. The van der Waals surface area contributed by atoms with E-state index in [2.05, 4.69) is 21.7 Å². The highest BCUT2D eigenvalue weighted by Crippen LogP contribution is 2.20. The molecule has 0 atom stereocenters. The van der Waals surface area contributed by atoms with Crippen LogP contribution in [0.15, 0.2) is 24.3 Å². The molecule has 0 saturated heterocycles. The van der Waals surface area contributed by atoms with Gasteiger partial charge in [-0.3, -0.25) is 4.72 Å². The molecule has 0 unspecified atom stereocenters. The summed E-state index contributed by atoms with van der Waals surface area (Å²) in [6.07, 6.45) is 2.97. The predicted molar refractivity (Wildman–Crippen MR) is 77.1 cm³/mol. The second kappa shape index (κ2) is 6.36. The molecule has 1 saturated carbocycles. The van der Waals surface area contributed by atoms with E-state index in [9.17, 15) is 8.42 Å². The minimum Gasteiger partial charge on any atom is -0.313 e. The number of anilines is 1. The topological polar surface area (TPSA) is 70.2 Å². The fourth-order valence-corrected chi connectivity index (χ4v) is 2.89. The molecule has 1 aromatic rings. The molecule has 5 nitrogen and oxygen atoms in total. The van der Waals surface area contributed by atoms with Crippen molar-refractivity contribution in [3.05, 3.63) is 29.8 Å². The van der Waals surface area contributed by atoms with Crippen LogP contribution >= 0.6 is 0 Å². The number of hydrogen-bond acceptors (Lipinski definition) is 3. The predicted octanol–water partition coefficient (Wildman–Crippen LogP) is 1.59. The van der Waals surface area contributed by atoms with Crippen molar-refractivity contribution >= 4 is 15.9 Å². The molecule has 0 aliphatic heterocycles. The third-order valence-electron chi connectivity index (χ3n) is 2.86. The van der Waals surface area contributed by atoms with Crippen molar-refractivity contribution in [1.29, 1.82) is 0 Å². The van der Waals surface area contributed by atoms with Crippen LogP contribution in [0.2, 0.25) is 0 Å². The smallest absolute Gasteiger partial charge is 0.299 e. The zero-order valence-corrected chi connectivity index (χ0v) is 12.0. The molecule has 1 aromatic carbocycles. The van der Waals surface area contributed by atoms with E-state index in [1.54, 1.807) is 12.1 Å². The monoisotopic (exact) mass is 283 g/mol. The molecular weight excluding hydrogens is 262 g/mol. The van der Waals surface area contributed by atoms with Gasteiger partial charge in [-0.2, -0.15) is 13.1 Å². The second-order valence-corrected chi connectivity index (χ2v) is 6.32. The summed E-state index contributed by atoms with van der Waals surface area (Å²) in [5, 5.41) is 3.30. The Bertz CT molecular complexity index is 495. The lowest BCUT2D eigenvalue weighted by atomic mass is 10.2. The van der Waals surface area contributed by atoms with Crippen molar-refractivity contribution < 1.29 is 8.42 Å². The summed E-state index contributed by atoms with van der Waals surface area (Å²) in [6, 6.07) is 7.55. The summed E-state index contributed by atoms with van der Waals surface area (Å²) < 4.78 is 28.5. The molecule has 2 rings (SSSR count). The van der Waals surface area contributed by atoms with Gasteiger partial charge in [-0.05, 0) is 43.5 Å². The van der Waals surface area contributed by atoms with Crippen LogP contribution in [0.5, 0.6) is 0 Å². The number of hydrogen-bond donors (Lipinski definition) is 3. The molecule has 0 spiro atoms. The molecule has 0 radical (unpaired) electrons. The van der Waals surface area contributed by atoms with Gasteiger partial charge in [0.1, 0.15) is 0 Å². The Kier molecular flexibility index (Phi) is 4.79. The zero-order valence-electron chi connectivity index (χ0n) is 11.1. The lowest BCUT2D eigenvalue weighted by Gasteiger charge is -2.09. The van der Waals surface area contributed by atoms with Gasteiger partial charge >= 0.3 is 0 Å². The Balaban J connectivity index is 1.87. The zero-order chi connectivity index (χ0) is 13.7. The van der Waals surface area contributed by atoms with E-state index in [4.69, 9.17) is 0 Å². The van der Waals surface area contributed by atoms with Crippen LogP contribution in [0.25, 0.3) is 0 Å². The highest BCUT2D eigenvalue weighted by Gasteiger charge is 2.26. The first-order chi connectivity index (χ1) is 9.09. The molecule has 19 heavy (non-hydrogen) atoms. The number of benzene rings is 1. The first-order valence-electron chi connectivity index (χ1n) is 6.69. The molecule has 6 heteroatoms. The van der Waals surface area contributed by atoms with Crippen molar-refractivity contribution in [2.24, 2.45) is 0 Å². The van der Waals surface area contributed by atoms with Crippen LogP contribution in [0.3, 0.4) is 0 Å². The van der Waals surface area contributed by atoms with E-state index in [-0.39, 0.29) is 6.04 Å². The second-order valence-electron chi connectivity index (χ2n) is 4.87. The lowest BCUT2D eigenvalue weighted by molar-refractivity contribution is 0.586. The molecule has 1 aliphatic rings. The van der Waals surface area contributed by atoms with Gasteiger partial charge < -0.3 is 5.32 Å². The van der Waals surface area contributed by atoms with Gasteiger partial charge in [-0.25, -0.2) is 0 Å². The van der Waals surface area contributed by atoms with Gasteiger partial charge in [0.2, 0.25) is 0 Å². The van der Waals surface area contributed by atoms with Crippen LogP contribution < -0.4 is 14.8 Å². The van der Waals surface area contributed by atoms with Gasteiger partial charge in [-0.1, -0.05) is 19.1 Å². The Morgan fingerprint density at radius 1 is 1.21 bits per heavy atom. The van der Waals surface area contributed by atoms with E-state index >= 15 is 0 Å². The van der Waals surface area contributed by atoms with Crippen molar-refractivity contribution in [1.82, 2.24) is 10.0 Å². The minimum absolute atomic E-state index is 0.120. The number of rotatable bonds is 8. The maximum atomic E-state index is 11.7. The van der Waals surface area contributed by atoms with Crippen molar-refractivity contribution in [3.63, 3.8) is 0 Å². The molecule has 3 N–H and O–H groups in total. The van der Waals surface area contributed by atoms with Crippen LogP contribution in [0.1, 0.15) is 31.7 Å². The molecule has 0 amide bonds. The summed E-state index contributed by atoms with van der Waals surface area (Å²) in [5.41, 5.74) is 1.74. The van der Waals surface area contributed by atoms with Crippen LogP contribution in [-0.4, -0.2) is 21.0 Å². The summed E-state index contributed by atoms with van der Waals surface area (Å²) in [6.45, 7) is 3.92. The lowest BCUT2D eigenvalue weighted by Crippen LogP contribution is -2.31. The maximum Gasteiger partial charge on any atom is 0.299 e. The van der Waals surface area contributed by atoms with Gasteiger partial charge in [0, 0.05) is 18.3 Å². The molecule has 0 aromatic heterocycles. The first kappa shape index (κ1) is 14.3. The van der Waals surface area contributed by atoms with E-state index in [1.165, 1.54) is 0 Å². The molecule has 106 valence electrons. The normalized spacial score (nSPS) is 15.4. The standard InChI is InChI=1S/C13H21N3O2S/c1-2-9-14-10-11-3-5-12(6-4-11)15-19(17,18)16-13-7-8-13/h3-6,13-16H,2,7-10H2,1H3. The molecule has 0 bridgehead atoms. The Morgan fingerprint density at radius 3 is 2.47 bits per heavy atom. The summed E-state index contributed by atoms with van der Waals surface area (Å²) >= 11 is 0. The summed E-state index contributed by atoms with van der Waals surface area (Å²) in [5.74, 6) is 0. The Hall–Kier alpha value is -1.11. The average Bonchev–Trinajstić information content (AvgIpc) is 3.14. The van der Waals surface area contributed by atoms with Crippen LogP contribution in [0, 0.1) is 0 Å². The third-order valence-corrected chi connectivity index (χ3v) is 4.01. The highest BCUT2D eigenvalue weighted by atomic mass is 32.2. The quantitative estimate of drug-likeness (QED) is 0.635. The average molecular weight is 283 g/mol. The summed E-state index contributed by atoms with van der Waals surface area (Å²) in [7, 11) is -3.42. The van der Waals surface area contributed by atoms with Crippen LogP contribution in [0.4, 0.5) is 5.69 Å². The summed E-state index contributed by atoms with van der Waals surface area (Å²) in [4.78, 5) is 0. The van der Waals surface area contributed by atoms with Gasteiger partial charge in [-0.15, -0.1) is 0 Å². The van der Waals surface area contributed by atoms with Gasteiger partial charge in [0.15, 0.2) is 0 Å². The van der Waals surface area contributed by atoms with Gasteiger partial charge in [0.25, 0.3) is 10.2 Å². The van der Waals surface area contributed by atoms with E-state index in [0.717, 1.165) is 37.9 Å². The van der Waals surface area contributed by atoms with E-state index < -0.39 is 10.2 Å². The Morgan fingerprint density at radius 2 is 1.89 bits per heavy atom. The third kappa shape index (κ3) is 5.18. The Labute approximate surface area is 115 Å². The molecule has 1 fully saturated rings. The highest BCUT2D eigenvalue weighted by molar-refractivity contribution is 7.90. The van der Waals surface area contributed by atoms with Crippen molar-refractivity contribution in [3.8, 4) is 0 Å². The molecular formula is C13H21N3O2S. The number of nitrogens with one attached hydrogen (secondary N) is 3. The first-order valence-corrected chi connectivity index (χ1v) is 8.17. The van der Waals surface area contributed by atoms with E-state index in [0.29, 0.717) is 5.69 Å². The fraction of sp³-hybridized carbons (Fsp3) is 0.538. The SMILES string of the molecule is CCCNCc1ccc(NS(=O)(=O)NC2CC2)cc1. The largest absolute Gasteiger partial charge is 0.313 e. The minimum atomic E-state index is -3.42.